The summed E-state index contributed by atoms with van der Waals surface area (Å²) in [5.41, 5.74) is 2.36. The van der Waals surface area contributed by atoms with Crippen molar-refractivity contribution in [2.75, 3.05) is 6.67 Å². The molecule has 0 bridgehead atoms. The van der Waals surface area contributed by atoms with E-state index in [-0.39, 0.29) is 6.04 Å². The average molecular weight is 329 g/mol. The summed E-state index contributed by atoms with van der Waals surface area (Å²) < 4.78 is 13.2. The van der Waals surface area contributed by atoms with Crippen molar-refractivity contribution in [2.24, 2.45) is 0 Å². The third kappa shape index (κ3) is 5.73. The van der Waals surface area contributed by atoms with Crippen LogP contribution in [0.4, 0.5) is 4.39 Å². The summed E-state index contributed by atoms with van der Waals surface area (Å²) in [4.78, 5) is 2.21. The molecule has 3 heteroatoms. The van der Waals surface area contributed by atoms with Crippen LogP contribution in [-0.4, -0.2) is 28.8 Å². The van der Waals surface area contributed by atoms with Gasteiger partial charge in [0.25, 0.3) is 0 Å². The van der Waals surface area contributed by atoms with Crippen LogP contribution in [-0.2, 0) is 13.1 Å². The third-order valence-electron chi connectivity index (χ3n) is 4.38. The third-order valence-corrected chi connectivity index (χ3v) is 4.38. The van der Waals surface area contributed by atoms with Gasteiger partial charge in [-0.1, -0.05) is 80.4 Å². The van der Waals surface area contributed by atoms with Gasteiger partial charge in [-0.3, -0.25) is 4.90 Å². The second kappa shape index (κ2) is 10.2. The minimum atomic E-state index is -0.941. The summed E-state index contributed by atoms with van der Waals surface area (Å²) in [5, 5.41) is 10.3. The summed E-state index contributed by atoms with van der Waals surface area (Å²) in [5.74, 6) is 0. The zero-order valence-corrected chi connectivity index (χ0v) is 14.4. The van der Waals surface area contributed by atoms with E-state index in [1.165, 1.54) is 11.1 Å². The Kier molecular flexibility index (Phi) is 7.93. The summed E-state index contributed by atoms with van der Waals surface area (Å²) >= 11 is 0. The van der Waals surface area contributed by atoms with Crippen LogP contribution in [0.15, 0.2) is 60.7 Å². The number of nitrogens with zero attached hydrogens (tertiary/aromatic N) is 1. The molecule has 0 saturated carbocycles. The lowest BCUT2D eigenvalue weighted by molar-refractivity contribution is 0.0188. The van der Waals surface area contributed by atoms with Gasteiger partial charge in [0.2, 0.25) is 0 Å². The van der Waals surface area contributed by atoms with Crippen molar-refractivity contribution in [3.05, 3.63) is 71.8 Å². The van der Waals surface area contributed by atoms with Gasteiger partial charge >= 0.3 is 0 Å². The van der Waals surface area contributed by atoms with Crippen molar-refractivity contribution < 1.29 is 9.50 Å². The van der Waals surface area contributed by atoms with Crippen LogP contribution in [0.3, 0.4) is 0 Å². The lowest BCUT2D eigenvalue weighted by Crippen LogP contribution is -2.44. The van der Waals surface area contributed by atoms with Gasteiger partial charge in [-0.2, -0.15) is 0 Å². The largest absolute Gasteiger partial charge is 0.389 e. The maximum absolute atomic E-state index is 13.2. The van der Waals surface area contributed by atoms with Gasteiger partial charge in [0.15, 0.2) is 0 Å². The number of halogens is 1. The van der Waals surface area contributed by atoms with Gasteiger partial charge < -0.3 is 5.11 Å². The van der Waals surface area contributed by atoms with E-state index in [1.54, 1.807) is 0 Å². The van der Waals surface area contributed by atoms with E-state index in [9.17, 15) is 9.50 Å². The number of benzene rings is 2. The Labute approximate surface area is 144 Å². The molecule has 0 saturated heterocycles. The van der Waals surface area contributed by atoms with Crippen LogP contribution in [0.25, 0.3) is 0 Å². The molecule has 0 aliphatic rings. The molecule has 2 aromatic carbocycles. The number of rotatable bonds is 10. The molecule has 0 aliphatic heterocycles. The first-order valence-electron chi connectivity index (χ1n) is 8.80. The Hall–Kier alpha value is -1.71. The fourth-order valence-corrected chi connectivity index (χ4v) is 3.06. The van der Waals surface area contributed by atoms with E-state index in [0.717, 1.165) is 19.3 Å². The topological polar surface area (TPSA) is 23.5 Å². The summed E-state index contributed by atoms with van der Waals surface area (Å²) in [6.45, 7) is 2.84. The highest BCUT2D eigenvalue weighted by molar-refractivity contribution is 5.17. The summed E-state index contributed by atoms with van der Waals surface area (Å²) in [7, 11) is 0. The quantitative estimate of drug-likeness (QED) is 0.690. The Bertz CT molecular complexity index is 519. The van der Waals surface area contributed by atoms with E-state index in [0.29, 0.717) is 13.1 Å². The molecular weight excluding hydrogens is 301 g/mol. The van der Waals surface area contributed by atoms with Crippen LogP contribution >= 0.6 is 0 Å². The number of aliphatic hydroxyl groups excluding tert-OH is 1. The van der Waals surface area contributed by atoms with Crippen molar-refractivity contribution in [2.45, 2.75) is 51.4 Å². The molecule has 24 heavy (non-hydrogen) atoms. The Morgan fingerprint density at radius 2 is 1.42 bits per heavy atom. The smallest absolute Gasteiger partial charge is 0.117 e. The van der Waals surface area contributed by atoms with E-state index >= 15 is 0 Å². The monoisotopic (exact) mass is 329 g/mol. The van der Waals surface area contributed by atoms with Crippen LogP contribution in [0.2, 0.25) is 0 Å². The van der Waals surface area contributed by atoms with Crippen LogP contribution in [0.1, 0.15) is 37.3 Å². The molecule has 0 amide bonds. The predicted molar refractivity (Wildman–Crippen MR) is 97.4 cm³/mol. The molecule has 0 aromatic heterocycles. The Balaban J connectivity index is 2.21. The first-order chi connectivity index (χ1) is 11.7. The highest BCUT2D eigenvalue weighted by Gasteiger charge is 2.26. The van der Waals surface area contributed by atoms with Gasteiger partial charge in [0, 0.05) is 19.1 Å². The van der Waals surface area contributed by atoms with E-state index in [2.05, 4.69) is 36.1 Å². The first kappa shape index (κ1) is 18.6. The highest BCUT2D eigenvalue weighted by Crippen LogP contribution is 2.20. The van der Waals surface area contributed by atoms with Gasteiger partial charge in [0.1, 0.15) is 6.67 Å². The fourth-order valence-electron chi connectivity index (χ4n) is 3.06. The molecule has 0 aliphatic carbocycles. The number of alkyl halides is 1. The molecule has 1 N–H and O–H groups in total. The fraction of sp³-hybridized carbons (Fsp3) is 0.429. The molecular formula is C21H28FNO. The van der Waals surface area contributed by atoms with Crippen molar-refractivity contribution >= 4 is 0 Å². The minimum absolute atomic E-state index is 0.171. The molecule has 130 valence electrons. The molecule has 0 spiro atoms. The van der Waals surface area contributed by atoms with Crippen LogP contribution < -0.4 is 0 Å². The number of hydrogen-bond acceptors (Lipinski definition) is 2. The molecule has 0 unspecified atom stereocenters. The predicted octanol–water partition coefficient (Wildman–Crippen LogP) is 4.58. The molecule has 0 heterocycles. The van der Waals surface area contributed by atoms with Gasteiger partial charge in [0.05, 0.1) is 6.10 Å². The SMILES string of the molecule is CCCC[C@H]([C@@H](O)CF)N(Cc1ccccc1)Cc1ccccc1. The zero-order valence-electron chi connectivity index (χ0n) is 14.4. The molecule has 2 atom stereocenters. The van der Waals surface area contributed by atoms with Crippen LogP contribution in [0, 0.1) is 0 Å². The first-order valence-corrected chi connectivity index (χ1v) is 8.80. The van der Waals surface area contributed by atoms with Crippen LogP contribution in [0.5, 0.6) is 0 Å². The maximum Gasteiger partial charge on any atom is 0.117 e. The molecule has 2 aromatic rings. The number of unbranched alkanes of at least 4 members (excludes halogenated alkanes) is 1. The second-order valence-electron chi connectivity index (χ2n) is 6.31. The number of hydrogen-bond donors (Lipinski definition) is 1. The highest BCUT2D eigenvalue weighted by atomic mass is 19.1. The summed E-state index contributed by atoms with van der Waals surface area (Å²) in [6.07, 6.45) is 1.90. The lowest BCUT2D eigenvalue weighted by Gasteiger charge is -2.34. The Morgan fingerprint density at radius 1 is 0.917 bits per heavy atom. The molecule has 0 radical (unpaired) electrons. The molecule has 0 fully saturated rings. The second-order valence-corrected chi connectivity index (χ2v) is 6.31. The molecule has 2 rings (SSSR count). The zero-order chi connectivity index (χ0) is 17.2. The normalized spacial score (nSPS) is 13.8. The average Bonchev–Trinajstić information content (AvgIpc) is 2.63. The molecule has 2 nitrogen and oxygen atoms in total. The number of aliphatic hydroxyl groups is 1. The van der Waals surface area contributed by atoms with Crippen molar-refractivity contribution in [1.82, 2.24) is 4.90 Å². The van der Waals surface area contributed by atoms with Gasteiger partial charge in [-0.15, -0.1) is 0 Å². The maximum atomic E-state index is 13.2. The standard InChI is InChI=1S/C21H28FNO/c1-2-3-14-20(21(24)15-22)23(16-18-10-6-4-7-11-18)17-19-12-8-5-9-13-19/h4-13,20-21,24H,2-3,14-17H2,1H3/t20-,21+/m1/s1. The van der Waals surface area contributed by atoms with Crippen molar-refractivity contribution in [3.63, 3.8) is 0 Å². The summed E-state index contributed by atoms with van der Waals surface area (Å²) in [6, 6.07) is 20.2. The van der Waals surface area contributed by atoms with E-state index < -0.39 is 12.8 Å². The van der Waals surface area contributed by atoms with Crippen molar-refractivity contribution in [3.8, 4) is 0 Å². The van der Waals surface area contributed by atoms with Crippen molar-refractivity contribution in [1.29, 1.82) is 0 Å². The lowest BCUT2D eigenvalue weighted by atomic mass is 10.0. The van der Waals surface area contributed by atoms with E-state index in [4.69, 9.17) is 0 Å². The van der Waals surface area contributed by atoms with Gasteiger partial charge in [-0.05, 0) is 17.5 Å². The van der Waals surface area contributed by atoms with E-state index in [1.807, 2.05) is 36.4 Å². The van der Waals surface area contributed by atoms with Gasteiger partial charge in [-0.25, -0.2) is 4.39 Å². The Morgan fingerprint density at radius 3 is 1.83 bits per heavy atom. The minimum Gasteiger partial charge on any atom is -0.389 e.